The van der Waals surface area contributed by atoms with Crippen LogP contribution in [0.15, 0.2) is 25.6 Å². The van der Waals surface area contributed by atoms with Gasteiger partial charge in [-0.25, -0.2) is 4.79 Å². The molecule has 0 saturated carbocycles. The minimum Gasteiger partial charge on any atom is -0.332 e. The van der Waals surface area contributed by atoms with E-state index in [0.717, 1.165) is 6.67 Å². The van der Waals surface area contributed by atoms with E-state index in [2.05, 4.69) is 13.2 Å². The largest absolute Gasteiger partial charge is 0.332 e. The van der Waals surface area contributed by atoms with Crippen molar-refractivity contribution in [3.8, 4) is 0 Å². The van der Waals surface area contributed by atoms with E-state index in [-0.39, 0.29) is 11.9 Å². The van der Waals surface area contributed by atoms with Crippen molar-refractivity contribution in [1.82, 2.24) is 19.6 Å². The van der Waals surface area contributed by atoms with Crippen LogP contribution in [0.1, 0.15) is 0 Å². The lowest BCUT2D eigenvalue weighted by molar-refractivity contribution is -0.125. The van der Waals surface area contributed by atoms with Crippen molar-refractivity contribution in [2.75, 3.05) is 40.4 Å². The molecule has 2 fully saturated rings. The molecule has 2 aliphatic heterocycles. The first-order valence-electron chi connectivity index (χ1n) is 5.74. The average molecular weight is 252 g/mol. The van der Waals surface area contributed by atoms with E-state index in [1.807, 2.05) is 19.0 Å². The minimum atomic E-state index is -0.0370. The molecule has 0 unspecified atom stereocenters. The van der Waals surface area contributed by atoms with Crippen LogP contribution in [-0.4, -0.2) is 71.9 Å². The highest BCUT2D eigenvalue weighted by Gasteiger charge is 2.23. The van der Waals surface area contributed by atoms with Crippen LogP contribution in [0.25, 0.3) is 0 Å². The fourth-order valence-electron chi connectivity index (χ4n) is 1.75. The summed E-state index contributed by atoms with van der Waals surface area (Å²) in [7, 11) is 3.74. The van der Waals surface area contributed by atoms with Gasteiger partial charge in [0.05, 0.1) is 13.2 Å². The van der Waals surface area contributed by atoms with Gasteiger partial charge in [-0.1, -0.05) is 13.2 Å². The molecule has 18 heavy (non-hydrogen) atoms. The highest BCUT2D eigenvalue weighted by molar-refractivity contribution is 5.79. The molecule has 0 aromatic rings. The third kappa shape index (κ3) is 3.33. The summed E-state index contributed by atoms with van der Waals surface area (Å²) in [5.74, 6) is 0.215. The lowest BCUT2D eigenvalue weighted by atomic mass is 10.6. The van der Waals surface area contributed by atoms with E-state index in [1.54, 1.807) is 14.7 Å². The first kappa shape index (κ1) is 14.2. The molecule has 0 N–H and O–H groups in total. The highest BCUT2D eigenvalue weighted by Crippen LogP contribution is 2.07. The van der Waals surface area contributed by atoms with Gasteiger partial charge in [0.15, 0.2) is 0 Å². The maximum Gasteiger partial charge on any atom is 0.328 e. The third-order valence-corrected chi connectivity index (χ3v) is 2.80. The molecule has 6 nitrogen and oxygen atoms in total. The fourth-order valence-corrected chi connectivity index (χ4v) is 1.75. The van der Waals surface area contributed by atoms with Gasteiger partial charge in [-0.2, -0.15) is 0 Å². The van der Waals surface area contributed by atoms with Crippen LogP contribution < -0.4 is 0 Å². The van der Waals surface area contributed by atoms with E-state index in [1.165, 1.54) is 12.4 Å². The van der Waals surface area contributed by atoms with E-state index in [4.69, 9.17) is 0 Å². The van der Waals surface area contributed by atoms with Crippen molar-refractivity contribution in [3.63, 3.8) is 0 Å². The number of carbonyl (C=O) groups excluding carboxylic acids is 2. The Bertz CT molecular complexity index is 338. The standard InChI is InChI=1S/C7H10N2O.C5H10N2O/c1-3-8-5-6-9(4-2)7(8)10;1-6-3-5(8)7(2)4-6/h3-4H,1-2,5-6H2;3-4H2,1-2H3. The summed E-state index contributed by atoms with van der Waals surface area (Å²) in [4.78, 5) is 28.5. The Kier molecular flexibility index (Phi) is 4.91. The molecule has 2 saturated heterocycles. The Morgan fingerprint density at radius 3 is 1.72 bits per heavy atom. The molecule has 0 radical (unpaired) electrons. The maximum atomic E-state index is 11.1. The SMILES string of the molecule is C=CN1CCN(C=C)C1=O.CN1CC(=O)N(C)C1. The van der Waals surface area contributed by atoms with Gasteiger partial charge in [-0.3, -0.25) is 19.5 Å². The lowest BCUT2D eigenvalue weighted by Crippen LogP contribution is -2.23. The molecule has 0 aromatic heterocycles. The predicted molar refractivity (Wildman–Crippen MR) is 69.5 cm³/mol. The quantitative estimate of drug-likeness (QED) is 0.713. The zero-order chi connectivity index (χ0) is 13.7. The zero-order valence-electron chi connectivity index (χ0n) is 11.0. The summed E-state index contributed by atoms with van der Waals surface area (Å²) in [6, 6.07) is -0.0370. The second-order valence-corrected chi connectivity index (χ2v) is 4.28. The molecule has 0 aromatic carbocycles. The second kappa shape index (κ2) is 6.20. The van der Waals surface area contributed by atoms with Crippen molar-refractivity contribution in [2.24, 2.45) is 0 Å². The van der Waals surface area contributed by atoms with Crippen molar-refractivity contribution < 1.29 is 9.59 Å². The molecule has 100 valence electrons. The molecule has 0 aliphatic carbocycles. The lowest BCUT2D eigenvalue weighted by Gasteiger charge is -2.09. The zero-order valence-corrected chi connectivity index (χ0v) is 11.0. The molecule has 0 atom stereocenters. The number of carbonyl (C=O) groups is 2. The van der Waals surface area contributed by atoms with Gasteiger partial charge in [0, 0.05) is 32.5 Å². The Labute approximate surface area is 108 Å². The number of rotatable bonds is 2. The second-order valence-electron chi connectivity index (χ2n) is 4.28. The Morgan fingerprint density at radius 1 is 1.06 bits per heavy atom. The Hall–Kier alpha value is -1.82. The third-order valence-electron chi connectivity index (χ3n) is 2.80. The van der Waals surface area contributed by atoms with Crippen LogP contribution in [0.5, 0.6) is 0 Å². The molecule has 0 spiro atoms. The molecular weight excluding hydrogens is 232 g/mol. The summed E-state index contributed by atoms with van der Waals surface area (Å²) >= 11 is 0. The van der Waals surface area contributed by atoms with E-state index < -0.39 is 0 Å². The summed E-state index contributed by atoms with van der Waals surface area (Å²) in [6.45, 7) is 9.80. The van der Waals surface area contributed by atoms with Crippen LogP contribution in [0.2, 0.25) is 0 Å². The van der Waals surface area contributed by atoms with Gasteiger partial charge < -0.3 is 4.90 Å². The van der Waals surface area contributed by atoms with Gasteiger partial charge >= 0.3 is 6.03 Å². The number of urea groups is 1. The van der Waals surface area contributed by atoms with Crippen LogP contribution in [0.4, 0.5) is 4.79 Å². The summed E-state index contributed by atoms with van der Waals surface area (Å²) < 4.78 is 0. The van der Waals surface area contributed by atoms with Crippen molar-refractivity contribution >= 4 is 11.9 Å². The van der Waals surface area contributed by atoms with E-state index >= 15 is 0 Å². The monoisotopic (exact) mass is 252 g/mol. The van der Waals surface area contributed by atoms with Crippen molar-refractivity contribution in [3.05, 3.63) is 25.6 Å². The molecule has 0 bridgehead atoms. The molecule has 2 rings (SSSR count). The van der Waals surface area contributed by atoms with Gasteiger partial charge in [-0.05, 0) is 7.05 Å². The van der Waals surface area contributed by atoms with Crippen LogP contribution in [0.3, 0.4) is 0 Å². The first-order valence-corrected chi connectivity index (χ1v) is 5.74. The Balaban J connectivity index is 0.000000184. The van der Waals surface area contributed by atoms with Crippen molar-refractivity contribution in [1.29, 1.82) is 0 Å². The van der Waals surface area contributed by atoms with Gasteiger partial charge in [0.1, 0.15) is 0 Å². The first-order chi connectivity index (χ1) is 8.49. The van der Waals surface area contributed by atoms with Gasteiger partial charge in [-0.15, -0.1) is 0 Å². The number of nitrogens with zero attached hydrogens (tertiary/aromatic N) is 4. The normalized spacial score (nSPS) is 20.0. The topological polar surface area (TPSA) is 47.1 Å². The summed E-state index contributed by atoms with van der Waals surface area (Å²) in [5, 5.41) is 0. The Morgan fingerprint density at radius 2 is 1.56 bits per heavy atom. The maximum absolute atomic E-state index is 11.1. The fraction of sp³-hybridized carbons (Fsp3) is 0.500. The van der Waals surface area contributed by atoms with E-state index in [0.29, 0.717) is 19.6 Å². The van der Waals surface area contributed by atoms with Gasteiger partial charge in [0.25, 0.3) is 0 Å². The molecule has 6 heteroatoms. The van der Waals surface area contributed by atoms with Crippen LogP contribution >= 0.6 is 0 Å². The number of hydrogen-bond donors (Lipinski definition) is 0. The number of likely N-dealkylation sites (N-methyl/N-ethyl adjacent to an activating group) is 2. The molecule has 2 heterocycles. The molecule has 3 amide bonds. The summed E-state index contributed by atoms with van der Waals surface area (Å²) in [6.07, 6.45) is 3.07. The average Bonchev–Trinajstić information content (AvgIpc) is 2.82. The summed E-state index contributed by atoms with van der Waals surface area (Å²) in [5.41, 5.74) is 0. The van der Waals surface area contributed by atoms with Crippen LogP contribution in [-0.2, 0) is 4.79 Å². The number of amides is 3. The smallest absolute Gasteiger partial charge is 0.328 e. The minimum absolute atomic E-state index is 0.0370. The van der Waals surface area contributed by atoms with Crippen molar-refractivity contribution in [2.45, 2.75) is 0 Å². The highest BCUT2D eigenvalue weighted by atomic mass is 16.2. The number of hydrogen-bond acceptors (Lipinski definition) is 3. The van der Waals surface area contributed by atoms with E-state index in [9.17, 15) is 9.59 Å². The molecule has 2 aliphatic rings. The van der Waals surface area contributed by atoms with Crippen LogP contribution in [0, 0.1) is 0 Å². The van der Waals surface area contributed by atoms with Gasteiger partial charge in [0.2, 0.25) is 5.91 Å². The molecular formula is C12H20N4O2. The predicted octanol–water partition coefficient (Wildman–Crippen LogP) is 0.359.